The van der Waals surface area contributed by atoms with Crippen LogP contribution in [0, 0.1) is 12.3 Å². The van der Waals surface area contributed by atoms with Crippen LogP contribution < -0.4 is 10.1 Å². The van der Waals surface area contributed by atoms with Gasteiger partial charge >= 0.3 is 0 Å². The third-order valence-corrected chi connectivity index (χ3v) is 2.44. The van der Waals surface area contributed by atoms with Gasteiger partial charge in [-0.1, -0.05) is 30.2 Å². The molecule has 2 nitrogen and oxygen atoms in total. The van der Waals surface area contributed by atoms with Crippen molar-refractivity contribution in [3.05, 3.63) is 42.5 Å². The fraction of sp³-hybridized carbons (Fsp3) is 0.333. The van der Waals surface area contributed by atoms with Gasteiger partial charge in [0.25, 0.3) is 0 Å². The van der Waals surface area contributed by atoms with E-state index in [1.165, 1.54) is 0 Å². The van der Waals surface area contributed by atoms with Crippen molar-refractivity contribution < 1.29 is 4.74 Å². The van der Waals surface area contributed by atoms with Crippen LogP contribution in [0.4, 0.5) is 0 Å². The van der Waals surface area contributed by atoms with Gasteiger partial charge in [0, 0.05) is 18.2 Å². The predicted molar refractivity (Wildman–Crippen MR) is 71.9 cm³/mol. The molecule has 0 bridgehead atoms. The van der Waals surface area contributed by atoms with Gasteiger partial charge < -0.3 is 10.1 Å². The molecule has 17 heavy (non-hydrogen) atoms. The lowest BCUT2D eigenvalue weighted by Crippen LogP contribution is -2.24. The minimum atomic E-state index is 0.305. The molecule has 0 aliphatic rings. The Kier molecular flexibility index (Phi) is 5.92. The van der Waals surface area contributed by atoms with Crippen molar-refractivity contribution >= 4 is 0 Å². The number of benzene rings is 1. The molecule has 0 aromatic heterocycles. The number of terminal acetylenes is 1. The molecule has 1 N–H and O–H groups in total. The molecule has 1 aromatic rings. The molecule has 2 heteroatoms. The average molecular weight is 229 g/mol. The largest absolute Gasteiger partial charge is 0.481 e. The number of ether oxygens (including phenoxy) is 1. The van der Waals surface area contributed by atoms with Crippen molar-refractivity contribution in [3.8, 4) is 18.1 Å². The van der Waals surface area contributed by atoms with Crippen molar-refractivity contribution in [1.82, 2.24) is 5.32 Å². The third-order valence-electron chi connectivity index (χ3n) is 2.44. The van der Waals surface area contributed by atoms with Gasteiger partial charge in [-0.05, 0) is 19.4 Å². The Labute approximate surface area is 104 Å². The Morgan fingerprint density at radius 3 is 3.00 bits per heavy atom. The molecule has 0 radical (unpaired) electrons. The van der Waals surface area contributed by atoms with E-state index in [9.17, 15) is 0 Å². The molecular formula is C15H19NO. The second-order valence-electron chi connectivity index (χ2n) is 3.91. The molecule has 0 amide bonds. The fourth-order valence-corrected chi connectivity index (χ4v) is 1.53. The first-order chi connectivity index (χ1) is 8.27. The van der Waals surface area contributed by atoms with Crippen LogP contribution in [0.5, 0.6) is 5.75 Å². The highest BCUT2D eigenvalue weighted by Gasteiger charge is 2.04. The smallest absolute Gasteiger partial charge is 0.148 e. The maximum Gasteiger partial charge on any atom is 0.148 e. The number of nitrogens with one attached hydrogen (secondary N) is 1. The van der Waals surface area contributed by atoms with Crippen LogP contribution in [0.1, 0.15) is 18.9 Å². The van der Waals surface area contributed by atoms with E-state index in [2.05, 4.69) is 24.7 Å². The number of rotatable bonds is 7. The first kappa shape index (κ1) is 13.3. The summed E-state index contributed by atoms with van der Waals surface area (Å²) in [6.45, 7) is 6.94. The van der Waals surface area contributed by atoms with Crippen molar-refractivity contribution in [2.24, 2.45) is 0 Å². The molecule has 0 saturated carbocycles. The summed E-state index contributed by atoms with van der Waals surface area (Å²) in [6.07, 6.45) is 8.05. The fourth-order valence-electron chi connectivity index (χ4n) is 1.53. The van der Waals surface area contributed by atoms with Gasteiger partial charge in [0.15, 0.2) is 0 Å². The second-order valence-corrected chi connectivity index (χ2v) is 3.91. The minimum absolute atomic E-state index is 0.305. The molecule has 0 aliphatic heterocycles. The standard InChI is InChI=1S/C15H19NO/c1-4-8-13(3)16-12-14-9-6-7-10-15(14)17-11-5-2/h2,4,6-7,9-10,13,16H,1,8,11-12H2,3H3. The number of para-hydroxylation sites is 1. The molecule has 90 valence electrons. The molecule has 1 aromatic carbocycles. The zero-order valence-corrected chi connectivity index (χ0v) is 10.3. The van der Waals surface area contributed by atoms with Gasteiger partial charge in [-0.3, -0.25) is 0 Å². The lowest BCUT2D eigenvalue weighted by molar-refractivity contribution is 0.364. The van der Waals surface area contributed by atoms with Crippen LogP contribution in [-0.4, -0.2) is 12.6 Å². The first-order valence-corrected chi connectivity index (χ1v) is 5.76. The summed E-state index contributed by atoms with van der Waals surface area (Å²) in [6, 6.07) is 8.33. The third kappa shape index (κ3) is 4.76. The number of hydrogen-bond donors (Lipinski definition) is 1. The first-order valence-electron chi connectivity index (χ1n) is 5.76. The average Bonchev–Trinajstić information content (AvgIpc) is 2.35. The molecule has 0 heterocycles. The molecule has 0 aliphatic carbocycles. The summed E-state index contributed by atoms with van der Waals surface area (Å²) in [7, 11) is 0. The van der Waals surface area contributed by atoms with E-state index in [4.69, 9.17) is 11.2 Å². The minimum Gasteiger partial charge on any atom is -0.481 e. The quantitative estimate of drug-likeness (QED) is 0.573. The Balaban J connectivity index is 2.57. The van der Waals surface area contributed by atoms with E-state index in [-0.39, 0.29) is 0 Å². The highest BCUT2D eigenvalue weighted by atomic mass is 16.5. The van der Waals surface area contributed by atoms with Crippen LogP contribution in [-0.2, 0) is 6.54 Å². The van der Waals surface area contributed by atoms with Gasteiger partial charge in [-0.15, -0.1) is 13.0 Å². The van der Waals surface area contributed by atoms with Gasteiger partial charge in [0.1, 0.15) is 12.4 Å². The van der Waals surface area contributed by atoms with Crippen molar-refractivity contribution in [2.45, 2.75) is 25.9 Å². The van der Waals surface area contributed by atoms with Gasteiger partial charge in [0.05, 0.1) is 0 Å². The van der Waals surface area contributed by atoms with Crippen molar-refractivity contribution in [1.29, 1.82) is 0 Å². The maximum atomic E-state index is 5.48. The summed E-state index contributed by atoms with van der Waals surface area (Å²) in [4.78, 5) is 0. The summed E-state index contributed by atoms with van der Waals surface area (Å²) < 4.78 is 5.48. The van der Waals surface area contributed by atoms with E-state index in [0.717, 1.165) is 24.3 Å². The van der Waals surface area contributed by atoms with Crippen LogP contribution in [0.25, 0.3) is 0 Å². The summed E-state index contributed by atoms with van der Waals surface area (Å²) in [5.74, 6) is 3.32. The molecule has 1 atom stereocenters. The summed E-state index contributed by atoms with van der Waals surface area (Å²) in [5, 5.41) is 3.41. The lowest BCUT2D eigenvalue weighted by atomic mass is 10.1. The van der Waals surface area contributed by atoms with E-state index in [1.807, 2.05) is 30.3 Å². The predicted octanol–water partition coefficient (Wildman–Crippen LogP) is 2.75. The van der Waals surface area contributed by atoms with E-state index in [1.54, 1.807) is 0 Å². The maximum absolute atomic E-state index is 5.48. The molecular weight excluding hydrogens is 210 g/mol. The summed E-state index contributed by atoms with van der Waals surface area (Å²) in [5.41, 5.74) is 1.12. The van der Waals surface area contributed by atoms with E-state index < -0.39 is 0 Å². The zero-order valence-electron chi connectivity index (χ0n) is 10.3. The van der Waals surface area contributed by atoms with Crippen LogP contribution in [0.3, 0.4) is 0 Å². The van der Waals surface area contributed by atoms with Gasteiger partial charge in [-0.2, -0.15) is 0 Å². The SMILES string of the molecule is C#CCOc1ccccc1CNC(C)CC=C. The highest BCUT2D eigenvalue weighted by molar-refractivity contribution is 5.33. The Bertz CT molecular complexity index is 392. The van der Waals surface area contributed by atoms with Crippen LogP contribution in [0.15, 0.2) is 36.9 Å². The van der Waals surface area contributed by atoms with Crippen molar-refractivity contribution in [2.75, 3.05) is 6.61 Å². The molecule has 0 saturated heterocycles. The summed E-state index contributed by atoms with van der Waals surface area (Å²) >= 11 is 0. The number of hydrogen-bond acceptors (Lipinski definition) is 2. The van der Waals surface area contributed by atoms with Crippen molar-refractivity contribution in [3.63, 3.8) is 0 Å². The van der Waals surface area contributed by atoms with Crippen LogP contribution in [0.2, 0.25) is 0 Å². The lowest BCUT2D eigenvalue weighted by Gasteiger charge is -2.14. The van der Waals surface area contributed by atoms with Gasteiger partial charge in [-0.25, -0.2) is 0 Å². The normalized spacial score (nSPS) is 11.5. The van der Waals surface area contributed by atoms with Gasteiger partial charge in [0.2, 0.25) is 0 Å². The van der Waals surface area contributed by atoms with E-state index >= 15 is 0 Å². The Hall–Kier alpha value is -1.72. The molecule has 0 spiro atoms. The molecule has 1 rings (SSSR count). The molecule has 0 fully saturated rings. The topological polar surface area (TPSA) is 21.3 Å². The Morgan fingerprint density at radius 2 is 2.29 bits per heavy atom. The highest BCUT2D eigenvalue weighted by Crippen LogP contribution is 2.17. The monoisotopic (exact) mass is 229 g/mol. The van der Waals surface area contributed by atoms with Crippen LogP contribution >= 0.6 is 0 Å². The molecule has 1 unspecified atom stereocenters. The zero-order chi connectivity index (χ0) is 12.5. The Morgan fingerprint density at radius 1 is 1.53 bits per heavy atom. The van der Waals surface area contributed by atoms with E-state index in [0.29, 0.717) is 12.6 Å². The second kappa shape index (κ2) is 7.54.